The van der Waals surface area contributed by atoms with Crippen LogP contribution in [0.1, 0.15) is 45.4 Å². The summed E-state index contributed by atoms with van der Waals surface area (Å²) < 4.78 is 0. The molecule has 7 aliphatic carbocycles. The van der Waals surface area contributed by atoms with Crippen molar-refractivity contribution in [2.75, 3.05) is 0 Å². The summed E-state index contributed by atoms with van der Waals surface area (Å²) in [6, 6.07) is 0. The fourth-order valence-corrected chi connectivity index (χ4v) is 6.89. The second-order valence-electron chi connectivity index (χ2n) is 7.37. The highest BCUT2D eigenvalue weighted by atomic mass is 16.1. The predicted octanol–water partition coefficient (Wildman–Crippen LogP) is 3.53. The molecule has 0 heterocycles. The van der Waals surface area contributed by atoms with Gasteiger partial charge in [0.05, 0.1) is 0 Å². The van der Waals surface area contributed by atoms with Crippen molar-refractivity contribution in [3.63, 3.8) is 0 Å². The SMILES string of the molecule is C1C2CC3C4CC5CC(C14)C(C2)C3C5.CC=O. The van der Waals surface area contributed by atoms with E-state index in [1.165, 1.54) is 54.3 Å². The molecular weight excluding hydrogens is 208 g/mol. The van der Waals surface area contributed by atoms with Gasteiger partial charge in [0.2, 0.25) is 0 Å². The van der Waals surface area contributed by atoms with Gasteiger partial charge in [-0.3, -0.25) is 0 Å². The smallest absolute Gasteiger partial charge is 0.116 e. The lowest BCUT2D eigenvalue weighted by atomic mass is 9.36. The minimum Gasteiger partial charge on any atom is -0.304 e. The van der Waals surface area contributed by atoms with Crippen molar-refractivity contribution >= 4 is 6.29 Å². The van der Waals surface area contributed by atoms with Gasteiger partial charge in [-0.05, 0) is 92.8 Å². The Morgan fingerprint density at radius 1 is 0.647 bits per heavy atom. The summed E-state index contributed by atoms with van der Waals surface area (Å²) in [5, 5.41) is 0. The summed E-state index contributed by atoms with van der Waals surface area (Å²) >= 11 is 0. The Morgan fingerprint density at radius 3 is 1.00 bits per heavy atom. The van der Waals surface area contributed by atoms with Gasteiger partial charge in [0.15, 0.2) is 0 Å². The summed E-state index contributed by atoms with van der Waals surface area (Å²) in [6.07, 6.45) is 10.7. The van der Waals surface area contributed by atoms with Gasteiger partial charge in [-0.2, -0.15) is 0 Å². The Bertz CT molecular complexity index is 247. The monoisotopic (exact) mass is 232 g/mol. The highest BCUT2D eigenvalue weighted by Crippen LogP contribution is 2.71. The van der Waals surface area contributed by atoms with Crippen LogP contribution >= 0.6 is 0 Å². The molecule has 17 heavy (non-hydrogen) atoms. The van der Waals surface area contributed by atoms with Crippen LogP contribution in [-0.4, -0.2) is 6.29 Å². The molecule has 0 aromatic carbocycles. The van der Waals surface area contributed by atoms with Crippen LogP contribution in [0.2, 0.25) is 0 Å². The quantitative estimate of drug-likeness (QED) is 0.584. The molecule has 7 fully saturated rings. The van der Waals surface area contributed by atoms with E-state index in [4.69, 9.17) is 4.79 Å². The average Bonchev–Trinajstić information content (AvgIpc) is 2.36. The van der Waals surface area contributed by atoms with Gasteiger partial charge in [-0.1, -0.05) is 0 Å². The number of carbonyl (C=O) groups is 1. The Hall–Kier alpha value is -0.330. The van der Waals surface area contributed by atoms with Gasteiger partial charge >= 0.3 is 0 Å². The molecule has 0 radical (unpaired) electrons. The summed E-state index contributed by atoms with van der Waals surface area (Å²) in [6.45, 7) is 1.44. The van der Waals surface area contributed by atoms with E-state index in [0.29, 0.717) is 0 Å². The van der Waals surface area contributed by atoms with Crippen molar-refractivity contribution in [2.24, 2.45) is 47.3 Å². The van der Waals surface area contributed by atoms with Gasteiger partial charge in [0.25, 0.3) is 0 Å². The number of rotatable bonds is 0. The van der Waals surface area contributed by atoms with Gasteiger partial charge in [-0.25, -0.2) is 0 Å². The summed E-state index contributed by atoms with van der Waals surface area (Å²) in [5.74, 6) is 9.74. The summed E-state index contributed by atoms with van der Waals surface area (Å²) in [4.78, 5) is 8.81. The largest absolute Gasteiger partial charge is 0.304 e. The standard InChI is InChI=1S/C14H20.C2H4O/c1-7-2-12-10-4-8-5-11(9(1)10)13(3-7)14(12)6-8;1-2-3/h7-14H,1-6H2;2H,1H3. The summed E-state index contributed by atoms with van der Waals surface area (Å²) in [5.41, 5.74) is 0. The Labute approximate surface area is 104 Å². The number of aldehydes is 1. The van der Waals surface area contributed by atoms with Crippen molar-refractivity contribution in [3.05, 3.63) is 0 Å². The third kappa shape index (κ3) is 1.29. The van der Waals surface area contributed by atoms with E-state index in [9.17, 15) is 0 Å². The first-order valence-corrected chi connectivity index (χ1v) is 7.71. The molecule has 0 aromatic heterocycles. The van der Waals surface area contributed by atoms with Gasteiger partial charge < -0.3 is 4.79 Å². The third-order valence-electron chi connectivity index (χ3n) is 6.93. The molecule has 0 spiro atoms. The lowest BCUT2D eigenvalue weighted by molar-refractivity contribution is -0.202. The number of hydrogen-bond donors (Lipinski definition) is 0. The maximum atomic E-state index is 8.81. The average molecular weight is 232 g/mol. The van der Waals surface area contributed by atoms with Crippen LogP contribution in [0.5, 0.6) is 0 Å². The zero-order valence-electron chi connectivity index (χ0n) is 10.8. The molecule has 0 saturated heterocycles. The molecule has 0 aliphatic heterocycles. The molecule has 94 valence electrons. The van der Waals surface area contributed by atoms with Crippen LogP contribution in [0.3, 0.4) is 0 Å². The first kappa shape index (κ1) is 10.6. The van der Waals surface area contributed by atoms with Crippen molar-refractivity contribution in [3.8, 4) is 0 Å². The number of hydrogen-bond acceptors (Lipinski definition) is 1. The molecule has 7 rings (SSSR count). The van der Waals surface area contributed by atoms with E-state index in [-0.39, 0.29) is 0 Å². The fraction of sp³-hybridized carbons (Fsp3) is 0.938. The first-order chi connectivity index (χ1) is 8.31. The lowest BCUT2D eigenvalue weighted by Gasteiger charge is -2.69. The van der Waals surface area contributed by atoms with E-state index >= 15 is 0 Å². The van der Waals surface area contributed by atoms with Gasteiger partial charge in [-0.15, -0.1) is 0 Å². The van der Waals surface area contributed by atoms with Crippen LogP contribution in [0.25, 0.3) is 0 Å². The fourth-order valence-electron chi connectivity index (χ4n) is 6.89. The Morgan fingerprint density at radius 2 is 0.824 bits per heavy atom. The van der Waals surface area contributed by atoms with Crippen LogP contribution in [0.15, 0.2) is 0 Å². The first-order valence-electron chi connectivity index (χ1n) is 7.71. The van der Waals surface area contributed by atoms with Crippen LogP contribution in [0, 0.1) is 47.3 Å². The molecular formula is C16H24O. The molecule has 1 heteroatoms. The minimum atomic E-state index is 0.750. The highest BCUT2D eigenvalue weighted by molar-refractivity contribution is 5.44. The molecule has 7 aliphatic rings. The highest BCUT2D eigenvalue weighted by Gasteiger charge is 2.63. The van der Waals surface area contributed by atoms with Crippen molar-refractivity contribution in [1.82, 2.24) is 0 Å². The maximum Gasteiger partial charge on any atom is 0.116 e. The maximum absolute atomic E-state index is 8.81. The van der Waals surface area contributed by atoms with Crippen molar-refractivity contribution < 1.29 is 4.79 Å². The van der Waals surface area contributed by atoms with Gasteiger partial charge in [0, 0.05) is 0 Å². The molecule has 0 N–H and O–H groups in total. The molecule has 0 unspecified atom stereocenters. The summed E-state index contributed by atoms with van der Waals surface area (Å²) in [7, 11) is 0. The topological polar surface area (TPSA) is 17.1 Å². The molecule has 8 bridgehead atoms. The molecule has 0 atom stereocenters. The van der Waals surface area contributed by atoms with Crippen LogP contribution < -0.4 is 0 Å². The van der Waals surface area contributed by atoms with E-state index in [2.05, 4.69) is 0 Å². The zero-order chi connectivity index (χ0) is 11.6. The Kier molecular flexibility index (Phi) is 2.23. The van der Waals surface area contributed by atoms with Gasteiger partial charge in [0.1, 0.15) is 6.29 Å². The molecule has 0 amide bonds. The molecule has 1 nitrogen and oxygen atoms in total. The van der Waals surface area contributed by atoms with E-state index in [1.54, 1.807) is 38.5 Å². The molecule has 7 saturated carbocycles. The zero-order valence-corrected chi connectivity index (χ0v) is 10.8. The van der Waals surface area contributed by atoms with E-state index < -0.39 is 0 Å². The van der Waals surface area contributed by atoms with Crippen molar-refractivity contribution in [1.29, 1.82) is 0 Å². The van der Waals surface area contributed by atoms with Crippen LogP contribution in [-0.2, 0) is 4.79 Å². The second kappa shape index (κ2) is 3.59. The normalized spacial score (nSPS) is 60.1. The van der Waals surface area contributed by atoms with E-state index in [0.717, 1.165) is 6.29 Å². The second-order valence-corrected chi connectivity index (χ2v) is 7.37. The van der Waals surface area contributed by atoms with Crippen LogP contribution in [0.4, 0.5) is 0 Å². The third-order valence-corrected chi connectivity index (χ3v) is 6.93. The van der Waals surface area contributed by atoms with E-state index in [1.807, 2.05) is 0 Å². The number of carbonyl (C=O) groups excluding carboxylic acids is 1. The van der Waals surface area contributed by atoms with Crippen molar-refractivity contribution in [2.45, 2.75) is 45.4 Å². The Balaban J connectivity index is 0.000000246. The lowest BCUT2D eigenvalue weighted by Crippen LogP contribution is -2.62. The molecule has 0 aromatic rings. The minimum absolute atomic E-state index is 0.750. The predicted molar refractivity (Wildman–Crippen MR) is 67.4 cm³/mol.